The summed E-state index contributed by atoms with van der Waals surface area (Å²) in [7, 11) is 1.30. The molecule has 0 bridgehead atoms. The van der Waals surface area contributed by atoms with Gasteiger partial charge in [-0.2, -0.15) is 0 Å². The lowest BCUT2D eigenvalue weighted by Gasteiger charge is -2.21. The Kier molecular flexibility index (Phi) is 3.12. The number of ether oxygens (including phenoxy) is 1. The van der Waals surface area contributed by atoms with E-state index in [0.717, 1.165) is 5.56 Å². The third kappa shape index (κ3) is 2.27. The Morgan fingerprint density at radius 2 is 1.62 bits per heavy atom. The van der Waals surface area contributed by atoms with E-state index < -0.39 is 5.97 Å². The summed E-state index contributed by atoms with van der Waals surface area (Å²) in [6, 6.07) is 3.53. The summed E-state index contributed by atoms with van der Waals surface area (Å²) >= 11 is 0. The molecule has 1 rings (SSSR count). The SMILES string of the molecule is COC(=O)c1c(N)cc(C(C)(C)C)cc1N. The van der Waals surface area contributed by atoms with E-state index in [1.807, 2.05) is 0 Å². The van der Waals surface area contributed by atoms with Crippen molar-refractivity contribution in [1.82, 2.24) is 0 Å². The first kappa shape index (κ1) is 12.4. The summed E-state index contributed by atoms with van der Waals surface area (Å²) < 4.78 is 4.62. The van der Waals surface area contributed by atoms with Crippen molar-refractivity contribution in [2.45, 2.75) is 26.2 Å². The third-order valence-corrected chi connectivity index (χ3v) is 2.45. The van der Waals surface area contributed by atoms with Crippen LogP contribution >= 0.6 is 0 Å². The Balaban J connectivity index is 3.34. The summed E-state index contributed by atoms with van der Waals surface area (Å²) in [6.45, 7) is 6.16. The van der Waals surface area contributed by atoms with Gasteiger partial charge < -0.3 is 16.2 Å². The first-order valence-electron chi connectivity index (χ1n) is 5.05. The van der Waals surface area contributed by atoms with Gasteiger partial charge in [-0.3, -0.25) is 0 Å². The average Bonchev–Trinajstić information content (AvgIpc) is 2.14. The zero-order valence-electron chi connectivity index (χ0n) is 10.1. The van der Waals surface area contributed by atoms with Gasteiger partial charge in [0.25, 0.3) is 0 Å². The largest absolute Gasteiger partial charge is 0.465 e. The van der Waals surface area contributed by atoms with Crippen LogP contribution in [0.5, 0.6) is 0 Å². The molecule has 0 fully saturated rings. The zero-order valence-corrected chi connectivity index (χ0v) is 10.1. The number of carbonyl (C=O) groups excluding carboxylic acids is 1. The Labute approximate surface area is 95.6 Å². The molecule has 1 aromatic carbocycles. The molecule has 0 saturated carbocycles. The highest BCUT2D eigenvalue weighted by Crippen LogP contribution is 2.30. The monoisotopic (exact) mass is 222 g/mol. The molecule has 0 saturated heterocycles. The highest BCUT2D eigenvalue weighted by Gasteiger charge is 2.20. The molecule has 0 aliphatic rings. The van der Waals surface area contributed by atoms with Gasteiger partial charge in [0.2, 0.25) is 0 Å². The van der Waals surface area contributed by atoms with Crippen LogP contribution in [-0.2, 0) is 10.2 Å². The molecule has 0 amide bonds. The van der Waals surface area contributed by atoms with E-state index in [0.29, 0.717) is 11.4 Å². The Morgan fingerprint density at radius 3 is 1.94 bits per heavy atom. The van der Waals surface area contributed by atoms with Gasteiger partial charge in [0, 0.05) is 11.4 Å². The average molecular weight is 222 g/mol. The number of nitrogens with two attached hydrogens (primary N) is 2. The molecule has 0 heterocycles. The summed E-state index contributed by atoms with van der Waals surface area (Å²) in [5.74, 6) is -0.504. The molecule has 0 atom stereocenters. The van der Waals surface area contributed by atoms with Crippen LogP contribution in [0.3, 0.4) is 0 Å². The van der Waals surface area contributed by atoms with Crippen LogP contribution in [-0.4, -0.2) is 13.1 Å². The van der Waals surface area contributed by atoms with E-state index in [-0.39, 0.29) is 11.0 Å². The number of carbonyl (C=O) groups is 1. The van der Waals surface area contributed by atoms with Gasteiger partial charge in [-0.25, -0.2) is 4.79 Å². The van der Waals surface area contributed by atoms with Gasteiger partial charge in [-0.1, -0.05) is 20.8 Å². The lowest BCUT2D eigenvalue weighted by molar-refractivity contribution is 0.0603. The minimum Gasteiger partial charge on any atom is -0.465 e. The molecule has 4 N–H and O–H groups in total. The van der Waals surface area contributed by atoms with Gasteiger partial charge in [-0.15, -0.1) is 0 Å². The molecule has 4 heteroatoms. The van der Waals surface area contributed by atoms with E-state index in [9.17, 15) is 4.79 Å². The van der Waals surface area contributed by atoms with Crippen LogP contribution in [0.25, 0.3) is 0 Å². The summed E-state index contributed by atoms with van der Waals surface area (Å²) in [5.41, 5.74) is 13.5. The van der Waals surface area contributed by atoms with Crippen LogP contribution in [0.2, 0.25) is 0 Å². The van der Waals surface area contributed by atoms with Gasteiger partial charge in [-0.05, 0) is 23.1 Å². The number of hydrogen-bond acceptors (Lipinski definition) is 4. The van der Waals surface area contributed by atoms with E-state index in [1.165, 1.54) is 7.11 Å². The van der Waals surface area contributed by atoms with Crippen molar-refractivity contribution in [2.24, 2.45) is 0 Å². The smallest absolute Gasteiger partial charge is 0.342 e. The highest BCUT2D eigenvalue weighted by molar-refractivity contribution is 6.00. The second kappa shape index (κ2) is 4.04. The van der Waals surface area contributed by atoms with Gasteiger partial charge in [0.1, 0.15) is 5.56 Å². The molecule has 1 aromatic rings. The lowest BCUT2D eigenvalue weighted by Crippen LogP contribution is -2.15. The Bertz CT molecular complexity index is 397. The van der Waals surface area contributed by atoms with Crippen LogP contribution in [0.15, 0.2) is 12.1 Å². The van der Waals surface area contributed by atoms with Crippen LogP contribution < -0.4 is 11.5 Å². The summed E-state index contributed by atoms with van der Waals surface area (Å²) in [4.78, 5) is 11.4. The lowest BCUT2D eigenvalue weighted by atomic mass is 9.85. The highest BCUT2D eigenvalue weighted by atomic mass is 16.5. The molecule has 16 heavy (non-hydrogen) atoms. The maximum absolute atomic E-state index is 11.4. The first-order valence-corrected chi connectivity index (χ1v) is 5.05. The standard InChI is InChI=1S/C12H18N2O2/c1-12(2,3)7-5-8(13)10(9(14)6-7)11(15)16-4/h5-6H,13-14H2,1-4H3. The quantitative estimate of drug-likeness (QED) is 0.562. The molecular weight excluding hydrogens is 204 g/mol. The summed E-state index contributed by atoms with van der Waals surface area (Å²) in [5, 5.41) is 0. The minimum atomic E-state index is -0.504. The molecule has 0 aromatic heterocycles. The molecule has 0 aliphatic carbocycles. The first-order chi connectivity index (χ1) is 7.27. The molecular formula is C12H18N2O2. The van der Waals surface area contributed by atoms with Crippen molar-refractivity contribution in [3.8, 4) is 0 Å². The zero-order chi connectivity index (χ0) is 12.5. The molecule has 0 spiro atoms. The predicted octanol–water partition coefficient (Wildman–Crippen LogP) is 1.94. The number of rotatable bonds is 1. The number of benzene rings is 1. The van der Waals surface area contributed by atoms with Gasteiger partial charge in [0.05, 0.1) is 7.11 Å². The number of methoxy groups -OCH3 is 1. The second-order valence-corrected chi connectivity index (χ2v) is 4.77. The fourth-order valence-electron chi connectivity index (χ4n) is 1.46. The fourth-order valence-corrected chi connectivity index (χ4v) is 1.46. The van der Waals surface area contributed by atoms with Crippen LogP contribution in [0.4, 0.5) is 11.4 Å². The Hall–Kier alpha value is -1.71. The molecule has 0 aliphatic heterocycles. The van der Waals surface area contributed by atoms with E-state index in [1.54, 1.807) is 12.1 Å². The number of hydrogen-bond donors (Lipinski definition) is 2. The number of anilines is 2. The van der Waals surface area contributed by atoms with Crippen molar-refractivity contribution in [3.05, 3.63) is 23.3 Å². The topological polar surface area (TPSA) is 78.3 Å². The maximum Gasteiger partial charge on any atom is 0.342 e. The van der Waals surface area contributed by atoms with E-state index >= 15 is 0 Å². The normalized spacial score (nSPS) is 11.2. The van der Waals surface area contributed by atoms with Crippen LogP contribution in [0, 0.1) is 0 Å². The van der Waals surface area contributed by atoms with Crippen molar-refractivity contribution in [1.29, 1.82) is 0 Å². The molecule has 0 unspecified atom stereocenters. The van der Waals surface area contributed by atoms with E-state index in [4.69, 9.17) is 11.5 Å². The van der Waals surface area contributed by atoms with Crippen LogP contribution in [0.1, 0.15) is 36.7 Å². The predicted molar refractivity (Wildman–Crippen MR) is 65.3 cm³/mol. The van der Waals surface area contributed by atoms with Gasteiger partial charge >= 0.3 is 5.97 Å². The number of esters is 1. The summed E-state index contributed by atoms with van der Waals surface area (Å²) in [6.07, 6.45) is 0. The molecule has 4 nitrogen and oxygen atoms in total. The third-order valence-electron chi connectivity index (χ3n) is 2.45. The van der Waals surface area contributed by atoms with Crippen molar-refractivity contribution in [3.63, 3.8) is 0 Å². The maximum atomic E-state index is 11.4. The molecule has 88 valence electrons. The van der Waals surface area contributed by atoms with Crippen molar-refractivity contribution in [2.75, 3.05) is 18.6 Å². The number of nitrogen functional groups attached to an aromatic ring is 2. The second-order valence-electron chi connectivity index (χ2n) is 4.77. The van der Waals surface area contributed by atoms with E-state index in [2.05, 4.69) is 25.5 Å². The van der Waals surface area contributed by atoms with Crippen molar-refractivity contribution < 1.29 is 9.53 Å². The molecule has 0 radical (unpaired) electrons. The van der Waals surface area contributed by atoms with Crippen molar-refractivity contribution >= 4 is 17.3 Å². The Morgan fingerprint density at radius 1 is 1.19 bits per heavy atom. The fraction of sp³-hybridized carbons (Fsp3) is 0.417. The minimum absolute atomic E-state index is 0.0586. The van der Waals surface area contributed by atoms with Gasteiger partial charge in [0.15, 0.2) is 0 Å².